The van der Waals surface area contributed by atoms with Crippen LogP contribution in [0.25, 0.3) is 21.8 Å². The zero-order valence-electron chi connectivity index (χ0n) is 25.7. The second kappa shape index (κ2) is 14.6. The lowest BCUT2D eigenvalue weighted by molar-refractivity contribution is 0.0951. The Morgan fingerprint density at radius 2 is 1.50 bits per heavy atom. The summed E-state index contributed by atoms with van der Waals surface area (Å²) in [5.74, 6) is -0.246. The number of para-hydroxylation sites is 2. The Morgan fingerprint density at radius 3 is 2.20 bits per heavy atom. The van der Waals surface area contributed by atoms with E-state index in [0.29, 0.717) is 66.3 Å². The van der Waals surface area contributed by atoms with Gasteiger partial charge in [0.15, 0.2) is 0 Å². The van der Waals surface area contributed by atoms with E-state index >= 15 is 0 Å². The molecule has 0 aliphatic heterocycles. The molecule has 46 heavy (non-hydrogen) atoms. The van der Waals surface area contributed by atoms with Crippen molar-refractivity contribution in [2.45, 2.75) is 25.2 Å². The molecule has 0 fully saturated rings. The molecule has 240 valence electrons. The van der Waals surface area contributed by atoms with Crippen molar-refractivity contribution in [3.8, 4) is 0 Å². The standard InChI is InChI=1S/C33H37N7O5S/c1-22-21-23(2)36-33(35-22)39-46(44,45)25-13-11-24(12-14-25)37-30-26-7-3-4-10-29(26)38-31-27(30)8-5-9-28(31)32(43)34-15-6-16-40(17-19-41)18-20-42/h3-5,7-14,21,41-42H,6,15-20H2,1-2H3,(H,34,43)(H,37,38)(H,35,36,39). The highest BCUT2D eigenvalue weighted by Gasteiger charge is 2.18. The van der Waals surface area contributed by atoms with Crippen LogP contribution in [0.5, 0.6) is 0 Å². The first-order valence-electron chi connectivity index (χ1n) is 14.9. The highest BCUT2D eigenvalue weighted by Crippen LogP contribution is 2.34. The summed E-state index contributed by atoms with van der Waals surface area (Å²) >= 11 is 0. The van der Waals surface area contributed by atoms with Crippen LogP contribution >= 0.6 is 0 Å². The molecule has 2 heterocycles. The van der Waals surface area contributed by atoms with Gasteiger partial charge in [-0.25, -0.2) is 28.1 Å². The van der Waals surface area contributed by atoms with E-state index in [1.165, 1.54) is 12.1 Å². The zero-order valence-corrected chi connectivity index (χ0v) is 26.5. The van der Waals surface area contributed by atoms with Crippen LogP contribution in [0.3, 0.4) is 0 Å². The van der Waals surface area contributed by atoms with E-state index in [2.05, 4.69) is 25.3 Å². The van der Waals surface area contributed by atoms with E-state index in [0.717, 1.165) is 16.5 Å². The van der Waals surface area contributed by atoms with Gasteiger partial charge in [0.2, 0.25) is 5.95 Å². The number of nitrogens with zero attached hydrogens (tertiary/aromatic N) is 4. The average molecular weight is 644 g/mol. The van der Waals surface area contributed by atoms with E-state index in [9.17, 15) is 23.4 Å². The van der Waals surface area contributed by atoms with Crippen molar-refractivity contribution in [3.63, 3.8) is 0 Å². The number of aryl methyl sites for hydroxylation is 2. The minimum atomic E-state index is -3.92. The maximum absolute atomic E-state index is 13.3. The molecule has 0 aliphatic carbocycles. The topological polar surface area (TPSA) is 170 Å². The molecule has 0 saturated heterocycles. The number of sulfonamides is 1. The molecule has 5 aromatic rings. The summed E-state index contributed by atoms with van der Waals surface area (Å²) in [6.45, 7) is 5.51. The van der Waals surface area contributed by atoms with Crippen molar-refractivity contribution >= 4 is 55.1 Å². The number of aliphatic hydroxyl groups is 2. The summed E-state index contributed by atoms with van der Waals surface area (Å²) in [5, 5.41) is 26.4. The second-order valence-corrected chi connectivity index (χ2v) is 12.5. The lowest BCUT2D eigenvalue weighted by Crippen LogP contribution is -2.33. The van der Waals surface area contributed by atoms with Crippen LogP contribution in [0.4, 0.5) is 17.3 Å². The largest absolute Gasteiger partial charge is 0.395 e. The second-order valence-electron chi connectivity index (χ2n) is 10.8. The van der Waals surface area contributed by atoms with Gasteiger partial charge < -0.3 is 20.8 Å². The number of nitrogens with one attached hydrogen (secondary N) is 3. The van der Waals surface area contributed by atoms with Gasteiger partial charge in [-0.3, -0.25) is 9.69 Å². The van der Waals surface area contributed by atoms with E-state index in [4.69, 9.17) is 4.98 Å². The SMILES string of the molecule is Cc1cc(C)nc(NS(=O)(=O)c2ccc(Nc3c4ccccc4nc4c(C(=O)NCCCN(CCO)CCO)cccc34)cc2)n1. The Bertz CT molecular complexity index is 1930. The molecule has 0 saturated carbocycles. The first-order valence-corrected chi connectivity index (χ1v) is 16.4. The molecule has 5 N–H and O–H groups in total. The number of hydrogen-bond acceptors (Lipinski definition) is 10. The van der Waals surface area contributed by atoms with Gasteiger partial charge in [-0.05, 0) is 69.3 Å². The number of benzene rings is 3. The van der Waals surface area contributed by atoms with E-state index in [-0.39, 0.29) is 30.0 Å². The Labute approximate surface area is 267 Å². The number of aliphatic hydroxyl groups excluding tert-OH is 2. The molecular weight excluding hydrogens is 606 g/mol. The van der Waals surface area contributed by atoms with E-state index < -0.39 is 10.0 Å². The molecule has 2 aromatic heterocycles. The Hall–Kier alpha value is -4.69. The Kier molecular flexibility index (Phi) is 10.4. The molecule has 0 bridgehead atoms. The predicted octanol–water partition coefficient (Wildman–Crippen LogP) is 3.75. The van der Waals surface area contributed by atoms with Gasteiger partial charge in [0.25, 0.3) is 15.9 Å². The highest BCUT2D eigenvalue weighted by atomic mass is 32.2. The number of carbonyl (C=O) groups excluding carboxylic acids is 1. The number of amides is 1. The predicted molar refractivity (Wildman–Crippen MR) is 179 cm³/mol. The summed E-state index contributed by atoms with van der Waals surface area (Å²) in [7, 11) is -3.92. The fourth-order valence-electron chi connectivity index (χ4n) is 5.26. The molecule has 3 aromatic carbocycles. The summed E-state index contributed by atoms with van der Waals surface area (Å²) < 4.78 is 28.5. The van der Waals surface area contributed by atoms with Crippen LogP contribution in [-0.4, -0.2) is 83.8 Å². The number of aromatic nitrogens is 3. The number of hydrogen-bond donors (Lipinski definition) is 5. The number of rotatable bonds is 14. The molecule has 0 atom stereocenters. The average Bonchev–Trinajstić information content (AvgIpc) is 3.02. The molecule has 5 rings (SSSR count). The number of anilines is 3. The third-order valence-electron chi connectivity index (χ3n) is 7.37. The van der Waals surface area contributed by atoms with Crippen LogP contribution in [0.1, 0.15) is 28.2 Å². The number of pyridine rings is 1. The van der Waals surface area contributed by atoms with Gasteiger partial charge in [-0.15, -0.1) is 0 Å². The molecule has 0 aliphatic rings. The highest BCUT2D eigenvalue weighted by molar-refractivity contribution is 7.92. The van der Waals surface area contributed by atoms with Crippen molar-refractivity contribution in [3.05, 3.63) is 89.7 Å². The molecule has 12 nitrogen and oxygen atoms in total. The van der Waals surface area contributed by atoms with Crippen molar-refractivity contribution < 1.29 is 23.4 Å². The zero-order chi connectivity index (χ0) is 32.7. The fourth-order valence-corrected chi connectivity index (χ4v) is 6.21. The third kappa shape index (κ3) is 7.74. The van der Waals surface area contributed by atoms with E-state index in [1.54, 1.807) is 44.2 Å². The summed E-state index contributed by atoms with van der Waals surface area (Å²) in [6.07, 6.45) is 0.651. The van der Waals surface area contributed by atoms with Gasteiger partial charge in [0.05, 0.1) is 40.4 Å². The van der Waals surface area contributed by atoms with Crippen LogP contribution in [0.15, 0.2) is 77.7 Å². The third-order valence-corrected chi connectivity index (χ3v) is 8.71. The first kappa shape index (κ1) is 32.7. The minimum Gasteiger partial charge on any atom is -0.395 e. The minimum absolute atomic E-state index is 0.00197. The van der Waals surface area contributed by atoms with Crippen molar-refractivity contribution in [2.24, 2.45) is 0 Å². The lowest BCUT2D eigenvalue weighted by Gasteiger charge is -2.20. The van der Waals surface area contributed by atoms with Crippen LogP contribution in [0.2, 0.25) is 0 Å². The van der Waals surface area contributed by atoms with Crippen LogP contribution < -0.4 is 15.4 Å². The molecule has 0 radical (unpaired) electrons. The molecule has 0 unspecified atom stereocenters. The van der Waals surface area contributed by atoms with Crippen molar-refractivity contribution in [1.82, 2.24) is 25.2 Å². The van der Waals surface area contributed by atoms with Crippen LogP contribution in [-0.2, 0) is 10.0 Å². The van der Waals surface area contributed by atoms with Crippen molar-refractivity contribution in [2.75, 3.05) is 49.4 Å². The number of carbonyl (C=O) groups is 1. The summed E-state index contributed by atoms with van der Waals surface area (Å²) in [4.78, 5) is 28.5. The molecular formula is C33H37N7O5S. The molecule has 1 amide bonds. The maximum Gasteiger partial charge on any atom is 0.264 e. The number of fused-ring (bicyclic) bond motifs is 2. The Morgan fingerprint density at radius 1 is 0.826 bits per heavy atom. The molecule has 13 heteroatoms. The summed E-state index contributed by atoms with van der Waals surface area (Å²) in [6, 6.07) is 21.1. The summed E-state index contributed by atoms with van der Waals surface area (Å²) in [5.41, 5.74) is 4.33. The lowest BCUT2D eigenvalue weighted by atomic mass is 10.0. The van der Waals surface area contributed by atoms with Gasteiger partial charge in [-0.1, -0.05) is 30.3 Å². The van der Waals surface area contributed by atoms with E-state index in [1.807, 2.05) is 35.2 Å². The van der Waals surface area contributed by atoms with Gasteiger partial charge in [-0.2, -0.15) is 0 Å². The van der Waals surface area contributed by atoms with Gasteiger partial charge in [0.1, 0.15) is 0 Å². The first-order chi connectivity index (χ1) is 22.2. The van der Waals surface area contributed by atoms with Gasteiger partial charge in [0, 0.05) is 47.5 Å². The normalized spacial score (nSPS) is 11.7. The molecule has 0 spiro atoms. The fraction of sp³-hybridized carbons (Fsp3) is 0.273. The smallest absolute Gasteiger partial charge is 0.264 e. The van der Waals surface area contributed by atoms with Crippen LogP contribution in [0, 0.1) is 13.8 Å². The van der Waals surface area contributed by atoms with Crippen molar-refractivity contribution in [1.29, 1.82) is 0 Å². The maximum atomic E-state index is 13.3. The monoisotopic (exact) mass is 643 g/mol. The van der Waals surface area contributed by atoms with Gasteiger partial charge >= 0.3 is 0 Å². The Balaban J connectivity index is 1.39. The quantitative estimate of drug-likeness (QED) is 0.0887.